The summed E-state index contributed by atoms with van der Waals surface area (Å²) in [4.78, 5) is 22.7. The van der Waals surface area contributed by atoms with Gasteiger partial charge >= 0.3 is 5.97 Å². The van der Waals surface area contributed by atoms with Crippen LogP contribution < -0.4 is 5.32 Å². The van der Waals surface area contributed by atoms with Gasteiger partial charge in [0.25, 0.3) is 0 Å². The molecule has 1 aromatic rings. The van der Waals surface area contributed by atoms with Crippen molar-refractivity contribution < 1.29 is 24.2 Å². The number of carboxylic acid groups (broad SMARTS) is 1. The van der Waals surface area contributed by atoms with Gasteiger partial charge in [0.05, 0.1) is 18.3 Å². The Kier molecular flexibility index (Phi) is 6.55. The lowest BCUT2D eigenvalue weighted by molar-refractivity contribution is -0.133. The Morgan fingerprint density at radius 3 is 2.74 bits per heavy atom. The predicted octanol–water partition coefficient (Wildman–Crippen LogP) is 1.63. The van der Waals surface area contributed by atoms with Crippen molar-refractivity contribution >= 4 is 11.9 Å². The van der Waals surface area contributed by atoms with E-state index in [-0.39, 0.29) is 17.6 Å². The van der Waals surface area contributed by atoms with E-state index in [4.69, 9.17) is 14.6 Å². The number of carbonyl (C=O) groups excluding carboxylic acids is 1. The molecule has 2 rings (SSSR count). The summed E-state index contributed by atoms with van der Waals surface area (Å²) >= 11 is 0. The molecule has 6 nitrogen and oxygen atoms in total. The largest absolute Gasteiger partial charge is 0.478 e. The monoisotopic (exact) mass is 321 g/mol. The summed E-state index contributed by atoms with van der Waals surface area (Å²) in [6, 6.07) is 6.64. The number of hydrogen-bond acceptors (Lipinski definition) is 4. The van der Waals surface area contributed by atoms with E-state index in [9.17, 15) is 9.59 Å². The van der Waals surface area contributed by atoms with Crippen LogP contribution in [0.1, 0.15) is 35.7 Å². The molecule has 23 heavy (non-hydrogen) atoms. The number of benzene rings is 1. The van der Waals surface area contributed by atoms with Crippen molar-refractivity contribution in [3.63, 3.8) is 0 Å². The molecule has 0 saturated carbocycles. The van der Waals surface area contributed by atoms with Crippen molar-refractivity contribution in [2.24, 2.45) is 0 Å². The lowest BCUT2D eigenvalue weighted by atomic mass is 10.1. The predicted molar refractivity (Wildman–Crippen MR) is 84.5 cm³/mol. The highest BCUT2D eigenvalue weighted by Crippen LogP contribution is 2.12. The van der Waals surface area contributed by atoms with Gasteiger partial charge in [0.15, 0.2) is 0 Å². The van der Waals surface area contributed by atoms with Gasteiger partial charge < -0.3 is 19.9 Å². The first-order valence-corrected chi connectivity index (χ1v) is 7.89. The number of ether oxygens (including phenoxy) is 2. The number of hydrogen-bond donors (Lipinski definition) is 2. The number of rotatable bonds is 8. The van der Waals surface area contributed by atoms with Gasteiger partial charge in [0.1, 0.15) is 6.10 Å². The second kappa shape index (κ2) is 8.64. The second-order valence-electron chi connectivity index (χ2n) is 5.65. The van der Waals surface area contributed by atoms with E-state index in [0.29, 0.717) is 19.6 Å². The molecule has 2 N–H and O–H groups in total. The summed E-state index contributed by atoms with van der Waals surface area (Å²) in [5, 5.41) is 11.7. The Balaban J connectivity index is 1.66. The SMILES string of the molecule is CC(OCC1CCCO1)C(=O)NCCc1ccc(C(=O)O)cc1. The van der Waals surface area contributed by atoms with Crippen molar-refractivity contribution in [3.8, 4) is 0 Å². The first-order valence-electron chi connectivity index (χ1n) is 7.89. The third-order valence-electron chi connectivity index (χ3n) is 3.84. The number of amides is 1. The van der Waals surface area contributed by atoms with Crippen LogP contribution in [-0.4, -0.2) is 48.9 Å². The summed E-state index contributed by atoms with van der Waals surface area (Å²) in [6.07, 6.45) is 2.28. The third kappa shape index (κ3) is 5.65. The van der Waals surface area contributed by atoms with E-state index >= 15 is 0 Å². The fraction of sp³-hybridized carbons (Fsp3) is 0.529. The van der Waals surface area contributed by atoms with Crippen LogP contribution in [0.15, 0.2) is 24.3 Å². The third-order valence-corrected chi connectivity index (χ3v) is 3.84. The van der Waals surface area contributed by atoms with E-state index in [1.165, 1.54) is 0 Å². The molecule has 6 heteroatoms. The molecular formula is C17H23NO5. The van der Waals surface area contributed by atoms with Gasteiger partial charge in [-0.3, -0.25) is 4.79 Å². The first-order chi connectivity index (χ1) is 11.1. The number of aromatic carboxylic acids is 1. The van der Waals surface area contributed by atoms with Crippen molar-refractivity contribution in [1.29, 1.82) is 0 Å². The molecule has 0 bridgehead atoms. The zero-order chi connectivity index (χ0) is 16.7. The molecule has 2 atom stereocenters. The lowest BCUT2D eigenvalue weighted by Gasteiger charge is -2.16. The van der Waals surface area contributed by atoms with Crippen LogP contribution in [0.4, 0.5) is 0 Å². The van der Waals surface area contributed by atoms with Crippen molar-refractivity contribution in [2.75, 3.05) is 19.8 Å². The van der Waals surface area contributed by atoms with E-state index in [1.807, 2.05) is 0 Å². The molecular weight excluding hydrogens is 298 g/mol. The zero-order valence-corrected chi connectivity index (χ0v) is 13.3. The van der Waals surface area contributed by atoms with Crippen LogP contribution >= 0.6 is 0 Å². The number of nitrogens with one attached hydrogen (secondary N) is 1. The van der Waals surface area contributed by atoms with Crippen LogP contribution in [0.5, 0.6) is 0 Å². The molecule has 1 saturated heterocycles. The maximum atomic E-state index is 11.9. The lowest BCUT2D eigenvalue weighted by Crippen LogP contribution is -2.37. The van der Waals surface area contributed by atoms with Gasteiger partial charge in [-0.15, -0.1) is 0 Å². The van der Waals surface area contributed by atoms with E-state index in [2.05, 4.69) is 5.32 Å². The molecule has 1 fully saturated rings. The van der Waals surface area contributed by atoms with Gasteiger partial charge in [-0.05, 0) is 43.9 Å². The molecule has 1 aliphatic rings. The molecule has 2 unspecified atom stereocenters. The van der Waals surface area contributed by atoms with Crippen molar-refractivity contribution in [3.05, 3.63) is 35.4 Å². The zero-order valence-electron chi connectivity index (χ0n) is 13.3. The van der Waals surface area contributed by atoms with E-state index in [0.717, 1.165) is 25.0 Å². The first kappa shape index (κ1) is 17.4. The standard InChI is InChI=1S/C17H23NO5/c1-12(23-11-15-3-2-10-22-15)16(19)18-9-8-13-4-6-14(7-5-13)17(20)21/h4-7,12,15H,2-3,8-11H2,1H3,(H,18,19)(H,20,21). The van der Waals surface area contributed by atoms with Crippen LogP contribution in [-0.2, 0) is 20.7 Å². The smallest absolute Gasteiger partial charge is 0.335 e. The molecule has 1 aliphatic heterocycles. The van der Waals surface area contributed by atoms with Gasteiger partial charge in [-0.25, -0.2) is 4.79 Å². The fourth-order valence-electron chi connectivity index (χ4n) is 2.39. The highest BCUT2D eigenvalue weighted by molar-refractivity contribution is 5.87. The summed E-state index contributed by atoms with van der Waals surface area (Å²) < 4.78 is 11.0. The summed E-state index contributed by atoms with van der Waals surface area (Å²) in [7, 11) is 0. The quantitative estimate of drug-likeness (QED) is 0.760. The van der Waals surface area contributed by atoms with Gasteiger partial charge in [0.2, 0.25) is 5.91 Å². The summed E-state index contributed by atoms with van der Waals surface area (Å²) in [6.45, 7) is 3.44. The minimum Gasteiger partial charge on any atom is -0.478 e. The Labute approximate surface area is 135 Å². The Hall–Kier alpha value is -1.92. The van der Waals surface area contributed by atoms with Gasteiger partial charge in [-0.1, -0.05) is 12.1 Å². The van der Waals surface area contributed by atoms with E-state index in [1.54, 1.807) is 31.2 Å². The van der Waals surface area contributed by atoms with E-state index < -0.39 is 12.1 Å². The molecule has 0 aromatic heterocycles. The molecule has 1 amide bonds. The van der Waals surface area contributed by atoms with Crippen LogP contribution in [0.2, 0.25) is 0 Å². The minimum absolute atomic E-state index is 0.109. The molecule has 0 spiro atoms. The summed E-state index contributed by atoms with van der Waals surface area (Å²) in [5.74, 6) is -1.09. The molecule has 1 aromatic carbocycles. The maximum Gasteiger partial charge on any atom is 0.335 e. The topological polar surface area (TPSA) is 84.9 Å². The molecule has 0 aliphatic carbocycles. The maximum absolute atomic E-state index is 11.9. The van der Waals surface area contributed by atoms with Gasteiger partial charge in [-0.2, -0.15) is 0 Å². The molecule has 0 radical (unpaired) electrons. The fourth-order valence-corrected chi connectivity index (χ4v) is 2.39. The highest BCUT2D eigenvalue weighted by atomic mass is 16.5. The average molecular weight is 321 g/mol. The summed E-state index contributed by atoms with van der Waals surface area (Å²) in [5.41, 5.74) is 1.23. The van der Waals surface area contributed by atoms with Crippen LogP contribution in [0.3, 0.4) is 0 Å². The minimum atomic E-state index is -0.943. The van der Waals surface area contributed by atoms with Crippen LogP contribution in [0.25, 0.3) is 0 Å². The highest BCUT2D eigenvalue weighted by Gasteiger charge is 2.19. The molecule has 126 valence electrons. The normalized spacial score (nSPS) is 18.6. The molecule has 1 heterocycles. The Morgan fingerprint density at radius 1 is 1.39 bits per heavy atom. The number of carbonyl (C=O) groups is 2. The second-order valence-corrected chi connectivity index (χ2v) is 5.65. The Bertz CT molecular complexity index is 522. The Morgan fingerprint density at radius 2 is 2.13 bits per heavy atom. The van der Waals surface area contributed by atoms with Crippen molar-refractivity contribution in [2.45, 2.75) is 38.4 Å². The number of carboxylic acids is 1. The van der Waals surface area contributed by atoms with Gasteiger partial charge in [0, 0.05) is 13.2 Å². The van der Waals surface area contributed by atoms with Crippen LogP contribution in [0, 0.1) is 0 Å². The average Bonchev–Trinajstić information content (AvgIpc) is 3.06. The van der Waals surface area contributed by atoms with Crippen molar-refractivity contribution in [1.82, 2.24) is 5.32 Å².